The lowest BCUT2D eigenvalue weighted by Crippen LogP contribution is -2.14. The van der Waals surface area contributed by atoms with E-state index < -0.39 is 5.56 Å². The topological polar surface area (TPSA) is 78.8 Å². The molecular weight excluding hydrogens is 298 g/mol. The van der Waals surface area contributed by atoms with Crippen molar-refractivity contribution < 1.29 is 4.74 Å². The van der Waals surface area contributed by atoms with E-state index in [2.05, 4.69) is 23.8 Å². The van der Waals surface area contributed by atoms with Gasteiger partial charge in [0.05, 0.1) is 12.3 Å². The lowest BCUT2D eigenvalue weighted by Gasteiger charge is -2.09. The monoisotopic (exact) mass is 315 g/mol. The third kappa shape index (κ3) is 3.68. The Morgan fingerprint density at radius 2 is 2.05 bits per heavy atom. The minimum absolute atomic E-state index is 0.0219. The predicted molar refractivity (Wildman–Crippen MR) is 87.1 cm³/mol. The molecule has 114 valence electrons. The molecular formula is C16H17N3O2S. The third-order valence-corrected chi connectivity index (χ3v) is 3.49. The molecule has 1 aromatic heterocycles. The van der Waals surface area contributed by atoms with Crippen LogP contribution in [0.5, 0.6) is 5.75 Å². The molecule has 1 heterocycles. The molecule has 2 rings (SSSR count). The molecule has 0 aliphatic rings. The molecule has 0 saturated carbocycles. The Morgan fingerprint density at radius 1 is 1.36 bits per heavy atom. The van der Waals surface area contributed by atoms with Crippen LogP contribution in [0.2, 0.25) is 0 Å². The number of hydrogen-bond donors (Lipinski definition) is 1. The van der Waals surface area contributed by atoms with Gasteiger partial charge in [0.1, 0.15) is 17.4 Å². The molecule has 0 aliphatic carbocycles. The molecule has 1 aromatic carbocycles. The van der Waals surface area contributed by atoms with Gasteiger partial charge in [0.2, 0.25) is 0 Å². The van der Waals surface area contributed by atoms with E-state index in [0.717, 1.165) is 11.3 Å². The quantitative estimate of drug-likeness (QED) is 0.677. The number of ether oxygens (including phenoxy) is 1. The molecule has 0 spiro atoms. The molecule has 0 radical (unpaired) electrons. The lowest BCUT2D eigenvalue weighted by atomic mass is 10.1. The SMILES string of the molecule is CSc1nc(-c2ccc(OCC(C)C)cc2)c(C#N)c(=O)[nH]1. The standard InChI is InChI=1S/C16H17N3O2S/c1-10(2)9-21-12-6-4-11(5-7-12)14-13(8-17)15(20)19-16(18-14)22-3/h4-7,10H,9H2,1-3H3,(H,18,19,20). The Bertz CT molecular complexity index is 745. The van der Waals surface area contributed by atoms with Crippen molar-refractivity contribution in [2.45, 2.75) is 19.0 Å². The first-order valence-electron chi connectivity index (χ1n) is 6.86. The summed E-state index contributed by atoms with van der Waals surface area (Å²) in [7, 11) is 0. The number of nitrogens with zero attached hydrogens (tertiary/aromatic N) is 2. The summed E-state index contributed by atoms with van der Waals surface area (Å²) in [6.45, 7) is 4.80. The molecule has 0 fully saturated rings. The first-order valence-corrected chi connectivity index (χ1v) is 8.09. The van der Waals surface area contributed by atoms with Crippen molar-refractivity contribution in [3.05, 3.63) is 40.2 Å². The van der Waals surface area contributed by atoms with Gasteiger partial charge >= 0.3 is 0 Å². The first kappa shape index (κ1) is 16.1. The van der Waals surface area contributed by atoms with Crippen LogP contribution in [0.25, 0.3) is 11.3 Å². The Labute approximate surface area is 133 Å². The second-order valence-electron chi connectivity index (χ2n) is 5.14. The van der Waals surface area contributed by atoms with Gasteiger partial charge in [0.15, 0.2) is 5.16 Å². The van der Waals surface area contributed by atoms with Gasteiger partial charge in [-0.2, -0.15) is 5.26 Å². The number of nitriles is 1. The van der Waals surface area contributed by atoms with E-state index in [1.54, 1.807) is 0 Å². The fourth-order valence-corrected chi connectivity index (χ4v) is 2.21. The van der Waals surface area contributed by atoms with E-state index in [1.165, 1.54) is 11.8 Å². The van der Waals surface area contributed by atoms with Gasteiger partial charge in [-0.15, -0.1) is 0 Å². The minimum Gasteiger partial charge on any atom is -0.493 e. The predicted octanol–water partition coefficient (Wildman–Crippen LogP) is 3.07. The fraction of sp³-hybridized carbons (Fsp3) is 0.312. The average Bonchev–Trinajstić information content (AvgIpc) is 2.52. The van der Waals surface area contributed by atoms with Gasteiger partial charge in [-0.1, -0.05) is 25.6 Å². The van der Waals surface area contributed by atoms with Gasteiger partial charge in [0, 0.05) is 5.56 Å². The second kappa shape index (κ2) is 7.14. The largest absolute Gasteiger partial charge is 0.493 e. The van der Waals surface area contributed by atoms with Crippen molar-refractivity contribution in [2.75, 3.05) is 12.9 Å². The summed E-state index contributed by atoms with van der Waals surface area (Å²) in [6.07, 6.45) is 1.82. The molecule has 1 N–H and O–H groups in total. The van der Waals surface area contributed by atoms with Crippen LogP contribution in [0.15, 0.2) is 34.2 Å². The Morgan fingerprint density at radius 3 is 2.59 bits per heavy atom. The van der Waals surface area contributed by atoms with Crippen LogP contribution < -0.4 is 10.3 Å². The van der Waals surface area contributed by atoms with Crippen molar-refractivity contribution >= 4 is 11.8 Å². The second-order valence-corrected chi connectivity index (χ2v) is 5.93. The number of aromatic nitrogens is 2. The van der Waals surface area contributed by atoms with Crippen LogP contribution in [0.4, 0.5) is 0 Å². The normalized spacial score (nSPS) is 10.5. The van der Waals surface area contributed by atoms with E-state index in [0.29, 0.717) is 23.4 Å². The van der Waals surface area contributed by atoms with Crippen molar-refractivity contribution in [3.63, 3.8) is 0 Å². The highest BCUT2D eigenvalue weighted by molar-refractivity contribution is 7.98. The zero-order valence-electron chi connectivity index (χ0n) is 12.7. The van der Waals surface area contributed by atoms with Gasteiger partial charge in [-0.25, -0.2) is 4.98 Å². The number of H-pyrrole nitrogens is 1. The van der Waals surface area contributed by atoms with Gasteiger partial charge < -0.3 is 9.72 Å². The summed E-state index contributed by atoms with van der Waals surface area (Å²) >= 11 is 1.32. The van der Waals surface area contributed by atoms with Gasteiger partial charge in [0.25, 0.3) is 5.56 Å². The fourth-order valence-electron chi connectivity index (χ4n) is 1.83. The molecule has 0 aliphatic heterocycles. The summed E-state index contributed by atoms with van der Waals surface area (Å²) in [5.41, 5.74) is 0.714. The van der Waals surface area contributed by atoms with Crippen LogP contribution in [-0.4, -0.2) is 22.8 Å². The number of hydrogen-bond acceptors (Lipinski definition) is 5. The summed E-state index contributed by atoms with van der Waals surface area (Å²) in [5.74, 6) is 1.20. The third-order valence-electron chi connectivity index (χ3n) is 2.91. The van der Waals surface area contributed by atoms with Crippen molar-refractivity contribution in [1.29, 1.82) is 5.26 Å². The van der Waals surface area contributed by atoms with E-state index >= 15 is 0 Å². The Hall–Kier alpha value is -2.26. The molecule has 5 nitrogen and oxygen atoms in total. The highest BCUT2D eigenvalue weighted by atomic mass is 32.2. The summed E-state index contributed by atoms with van der Waals surface area (Å²) < 4.78 is 5.63. The summed E-state index contributed by atoms with van der Waals surface area (Å²) in [4.78, 5) is 18.8. The van der Waals surface area contributed by atoms with Crippen molar-refractivity contribution in [1.82, 2.24) is 9.97 Å². The molecule has 0 unspecified atom stereocenters. The number of nitrogens with one attached hydrogen (secondary N) is 1. The molecule has 6 heteroatoms. The minimum atomic E-state index is -0.419. The summed E-state index contributed by atoms with van der Waals surface area (Å²) in [5, 5.41) is 9.67. The highest BCUT2D eigenvalue weighted by Gasteiger charge is 2.13. The molecule has 0 saturated heterocycles. The van der Waals surface area contributed by atoms with Gasteiger partial charge in [-0.05, 0) is 36.4 Å². The van der Waals surface area contributed by atoms with Crippen LogP contribution >= 0.6 is 11.8 Å². The maximum atomic E-state index is 11.9. The van der Waals surface area contributed by atoms with Crippen LogP contribution in [0.3, 0.4) is 0 Å². The molecule has 0 amide bonds. The molecule has 0 atom stereocenters. The number of aromatic amines is 1. The Kier molecular flexibility index (Phi) is 5.23. The summed E-state index contributed by atoms with van der Waals surface area (Å²) in [6, 6.07) is 9.18. The Balaban J connectivity index is 2.38. The lowest BCUT2D eigenvalue weighted by molar-refractivity contribution is 0.271. The number of thioether (sulfide) groups is 1. The van der Waals surface area contributed by atoms with Crippen LogP contribution in [0.1, 0.15) is 19.4 Å². The molecule has 0 bridgehead atoms. The molecule has 22 heavy (non-hydrogen) atoms. The van der Waals surface area contributed by atoms with Crippen molar-refractivity contribution in [3.8, 4) is 23.1 Å². The number of rotatable bonds is 5. The maximum Gasteiger partial charge on any atom is 0.270 e. The smallest absolute Gasteiger partial charge is 0.270 e. The highest BCUT2D eigenvalue weighted by Crippen LogP contribution is 2.23. The maximum absolute atomic E-state index is 11.9. The molecule has 2 aromatic rings. The van der Waals surface area contributed by atoms with E-state index in [1.807, 2.05) is 36.6 Å². The zero-order valence-corrected chi connectivity index (χ0v) is 13.5. The van der Waals surface area contributed by atoms with E-state index in [-0.39, 0.29) is 5.56 Å². The van der Waals surface area contributed by atoms with E-state index in [4.69, 9.17) is 4.74 Å². The van der Waals surface area contributed by atoms with Crippen molar-refractivity contribution in [2.24, 2.45) is 5.92 Å². The van der Waals surface area contributed by atoms with E-state index in [9.17, 15) is 10.1 Å². The van der Waals surface area contributed by atoms with Crippen LogP contribution in [-0.2, 0) is 0 Å². The first-order chi connectivity index (χ1) is 10.5. The zero-order chi connectivity index (χ0) is 16.1. The number of benzene rings is 1. The van der Waals surface area contributed by atoms with Crippen LogP contribution in [0, 0.1) is 17.2 Å². The van der Waals surface area contributed by atoms with Gasteiger partial charge in [-0.3, -0.25) is 4.79 Å². The average molecular weight is 315 g/mol.